The molecule has 3 aromatic rings. The summed E-state index contributed by atoms with van der Waals surface area (Å²) in [5, 5.41) is 4.77. The van der Waals surface area contributed by atoms with Crippen LogP contribution < -0.4 is 15.8 Å². The van der Waals surface area contributed by atoms with Crippen molar-refractivity contribution in [3.63, 3.8) is 0 Å². The molecule has 1 aliphatic heterocycles. The molecular weight excluding hydrogens is 340 g/mol. The number of nitrogens with zero attached hydrogens (tertiary/aromatic N) is 2. The molecule has 0 unspecified atom stereocenters. The predicted octanol–water partition coefficient (Wildman–Crippen LogP) is 3.16. The number of halogens is 1. The second-order valence-electron chi connectivity index (χ2n) is 5.84. The lowest BCUT2D eigenvalue weighted by atomic mass is 10.2. The summed E-state index contributed by atoms with van der Waals surface area (Å²) in [4.78, 5) is 21.4. The Balaban J connectivity index is 1.64. The highest BCUT2D eigenvalue weighted by Crippen LogP contribution is 2.26. The van der Waals surface area contributed by atoms with E-state index in [9.17, 15) is 4.79 Å². The SMILES string of the molecule is O=c1[nH]ccc2cc(Cl)nc(Nc3ccc(N4CCOCC4)cc3)c12. The number of pyridine rings is 2. The number of H-pyrrole nitrogens is 1. The van der Waals surface area contributed by atoms with Crippen molar-refractivity contribution in [1.82, 2.24) is 9.97 Å². The van der Waals surface area contributed by atoms with Crippen molar-refractivity contribution in [2.75, 3.05) is 36.5 Å². The fourth-order valence-corrected chi connectivity index (χ4v) is 3.19. The smallest absolute Gasteiger partial charge is 0.259 e. The van der Waals surface area contributed by atoms with Gasteiger partial charge in [0.1, 0.15) is 11.0 Å². The molecule has 2 aromatic heterocycles. The third kappa shape index (κ3) is 3.31. The van der Waals surface area contributed by atoms with Crippen molar-refractivity contribution in [3.05, 3.63) is 58.1 Å². The summed E-state index contributed by atoms with van der Waals surface area (Å²) in [6.45, 7) is 3.29. The third-order valence-electron chi connectivity index (χ3n) is 4.23. The zero-order valence-corrected chi connectivity index (χ0v) is 14.2. The van der Waals surface area contributed by atoms with Gasteiger partial charge in [-0.1, -0.05) is 11.6 Å². The molecule has 1 aliphatic rings. The molecular formula is C18H17ClN4O2. The van der Waals surface area contributed by atoms with Crippen LogP contribution in [0.25, 0.3) is 10.8 Å². The van der Waals surface area contributed by atoms with Crippen molar-refractivity contribution >= 4 is 39.6 Å². The lowest BCUT2D eigenvalue weighted by Gasteiger charge is -2.28. The molecule has 0 aliphatic carbocycles. The number of nitrogens with one attached hydrogen (secondary N) is 2. The Morgan fingerprint density at radius 1 is 1.16 bits per heavy atom. The molecule has 3 heterocycles. The zero-order chi connectivity index (χ0) is 17.2. The average Bonchev–Trinajstić information content (AvgIpc) is 2.63. The highest BCUT2D eigenvalue weighted by atomic mass is 35.5. The maximum absolute atomic E-state index is 12.2. The van der Waals surface area contributed by atoms with Crippen molar-refractivity contribution < 1.29 is 4.74 Å². The van der Waals surface area contributed by atoms with Crippen LogP contribution in [0.5, 0.6) is 0 Å². The molecule has 25 heavy (non-hydrogen) atoms. The van der Waals surface area contributed by atoms with Gasteiger partial charge in [0, 0.05) is 30.7 Å². The van der Waals surface area contributed by atoms with Gasteiger partial charge in [-0.3, -0.25) is 4.79 Å². The van der Waals surface area contributed by atoms with Gasteiger partial charge < -0.3 is 19.9 Å². The summed E-state index contributed by atoms with van der Waals surface area (Å²) in [5.74, 6) is 0.448. The summed E-state index contributed by atoms with van der Waals surface area (Å²) in [6, 6.07) is 11.5. The maximum Gasteiger partial charge on any atom is 0.259 e. The van der Waals surface area contributed by atoms with Gasteiger partial charge in [0.2, 0.25) is 0 Å². The summed E-state index contributed by atoms with van der Waals surface area (Å²) < 4.78 is 5.38. The number of anilines is 3. The van der Waals surface area contributed by atoms with E-state index in [1.165, 1.54) is 0 Å². The Kier molecular flexibility index (Phi) is 4.29. The van der Waals surface area contributed by atoms with Gasteiger partial charge in [-0.25, -0.2) is 4.98 Å². The van der Waals surface area contributed by atoms with Crippen molar-refractivity contribution in [3.8, 4) is 0 Å². The van der Waals surface area contributed by atoms with Gasteiger partial charge in [0.15, 0.2) is 0 Å². The molecule has 6 nitrogen and oxygen atoms in total. The maximum atomic E-state index is 12.2. The highest BCUT2D eigenvalue weighted by molar-refractivity contribution is 6.30. The predicted molar refractivity (Wildman–Crippen MR) is 100 cm³/mol. The molecule has 1 aromatic carbocycles. The average molecular weight is 357 g/mol. The zero-order valence-electron chi connectivity index (χ0n) is 13.5. The van der Waals surface area contributed by atoms with Crippen LogP contribution in [0, 0.1) is 0 Å². The molecule has 4 rings (SSSR count). The minimum atomic E-state index is -0.200. The van der Waals surface area contributed by atoms with Crippen LogP contribution in [0.4, 0.5) is 17.2 Å². The molecule has 7 heteroatoms. The van der Waals surface area contributed by atoms with E-state index in [0.717, 1.165) is 43.1 Å². The Bertz CT molecular complexity index is 949. The monoisotopic (exact) mass is 356 g/mol. The van der Waals surface area contributed by atoms with Gasteiger partial charge >= 0.3 is 0 Å². The molecule has 1 saturated heterocycles. The standard InChI is InChI=1S/C18H17ClN4O2/c19-15-11-12-5-6-20-18(24)16(12)17(22-15)21-13-1-3-14(4-2-13)23-7-9-25-10-8-23/h1-6,11H,7-10H2,(H,20,24)(H,21,22). The first kappa shape index (κ1) is 15.9. The number of aromatic amines is 1. The van der Waals surface area contributed by atoms with Crippen LogP contribution in [-0.2, 0) is 4.74 Å². The van der Waals surface area contributed by atoms with Crippen LogP contribution in [0.2, 0.25) is 5.15 Å². The fraction of sp³-hybridized carbons (Fsp3) is 0.222. The third-order valence-corrected chi connectivity index (χ3v) is 4.42. The van der Waals surface area contributed by atoms with E-state index in [1.54, 1.807) is 18.3 Å². The topological polar surface area (TPSA) is 70.2 Å². The Labute approximate surface area is 149 Å². The molecule has 0 spiro atoms. The van der Waals surface area contributed by atoms with E-state index in [-0.39, 0.29) is 5.56 Å². The molecule has 0 radical (unpaired) electrons. The number of rotatable bonds is 3. The minimum Gasteiger partial charge on any atom is -0.378 e. The molecule has 0 atom stereocenters. The largest absolute Gasteiger partial charge is 0.378 e. The van der Waals surface area contributed by atoms with Gasteiger partial charge in [-0.05, 0) is 41.8 Å². The number of aromatic nitrogens is 2. The summed E-state index contributed by atoms with van der Waals surface area (Å²) in [6.07, 6.45) is 1.60. The van der Waals surface area contributed by atoms with E-state index < -0.39 is 0 Å². The quantitative estimate of drug-likeness (QED) is 0.705. The van der Waals surface area contributed by atoms with Crippen molar-refractivity contribution in [2.24, 2.45) is 0 Å². The molecule has 0 saturated carbocycles. The first-order valence-corrected chi connectivity index (χ1v) is 8.46. The van der Waals surface area contributed by atoms with E-state index in [0.29, 0.717) is 16.4 Å². The van der Waals surface area contributed by atoms with Crippen LogP contribution >= 0.6 is 11.6 Å². The second-order valence-corrected chi connectivity index (χ2v) is 6.22. The Morgan fingerprint density at radius 3 is 2.68 bits per heavy atom. The molecule has 0 bridgehead atoms. The first-order chi connectivity index (χ1) is 12.2. The second kappa shape index (κ2) is 6.74. The Morgan fingerprint density at radius 2 is 1.92 bits per heavy atom. The number of hydrogen-bond acceptors (Lipinski definition) is 5. The van der Waals surface area contributed by atoms with Gasteiger partial charge in [-0.2, -0.15) is 0 Å². The first-order valence-electron chi connectivity index (χ1n) is 8.08. The van der Waals surface area contributed by atoms with Crippen molar-refractivity contribution in [1.29, 1.82) is 0 Å². The van der Waals surface area contributed by atoms with E-state index in [1.807, 2.05) is 24.3 Å². The molecule has 128 valence electrons. The van der Waals surface area contributed by atoms with E-state index >= 15 is 0 Å². The minimum absolute atomic E-state index is 0.200. The number of benzene rings is 1. The highest BCUT2D eigenvalue weighted by Gasteiger charge is 2.12. The number of fused-ring (bicyclic) bond motifs is 1. The van der Waals surface area contributed by atoms with Gasteiger partial charge in [0.25, 0.3) is 5.56 Å². The van der Waals surface area contributed by atoms with Crippen LogP contribution in [0.3, 0.4) is 0 Å². The lowest BCUT2D eigenvalue weighted by molar-refractivity contribution is 0.122. The molecule has 0 amide bonds. The van der Waals surface area contributed by atoms with Crippen molar-refractivity contribution in [2.45, 2.75) is 0 Å². The van der Waals surface area contributed by atoms with E-state index in [2.05, 4.69) is 20.2 Å². The molecule has 1 fully saturated rings. The summed E-state index contributed by atoms with van der Waals surface area (Å²) in [5.41, 5.74) is 1.79. The van der Waals surface area contributed by atoms with Gasteiger partial charge in [-0.15, -0.1) is 0 Å². The van der Waals surface area contributed by atoms with Gasteiger partial charge in [0.05, 0.1) is 18.6 Å². The van der Waals surface area contributed by atoms with Crippen LogP contribution in [0.15, 0.2) is 47.4 Å². The number of hydrogen-bond donors (Lipinski definition) is 2. The number of ether oxygens (including phenoxy) is 1. The Hall–Kier alpha value is -2.57. The molecule has 2 N–H and O–H groups in total. The van der Waals surface area contributed by atoms with Crippen LogP contribution in [0.1, 0.15) is 0 Å². The lowest BCUT2D eigenvalue weighted by Crippen LogP contribution is -2.36. The number of morpholine rings is 1. The van der Waals surface area contributed by atoms with Crippen LogP contribution in [-0.4, -0.2) is 36.3 Å². The normalized spacial score (nSPS) is 14.7. The summed E-state index contributed by atoms with van der Waals surface area (Å²) in [7, 11) is 0. The summed E-state index contributed by atoms with van der Waals surface area (Å²) >= 11 is 6.09. The fourth-order valence-electron chi connectivity index (χ4n) is 2.99. The van der Waals surface area contributed by atoms with E-state index in [4.69, 9.17) is 16.3 Å².